The maximum atomic E-state index is 12.8. The molecule has 2 aromatic carbocycles. The third kappa shape index (κ3) is 6.38. The molecule has 0 heterocycles. The molecule has 0 saturated carbocycles. The lowest BCUT2D eigenvalue weighted by molar-refractivity contribution is -0.149. The summed E-state index contributed by atoms with van der Waals surface area (Å²) in [6.45, 7) is 3.43. The maximum absolute atomic E-state index is 12.8. The van der Waals surface area contributed by atoms with E-state index in [2.05, 4.69) is 10.6 Å². The van der Waals surface area contributed by atoms with Gasteiger partial charge in [-0.15, -0.1) is 0 Å². The van der Waals surface area contributed by atoms with Gasteiger partial charge in [0.25, 0.3) is 5.91 Å². The van der Waals surface area contributed by atoms with Crippen molar-refractivity contribution in [3.8, 4) is 11.1 Å². The Hall–Kier alpha value is -3.88. The van der Waals surface area contributed by atoms with Crippen LogP contribution in [0.3, 0.4) is 0 Å². The Morgan fingerprint density at radius 2 is 1.51 bits per heavy atom. The molecule has 1 aliphatic rings. The van der Waals surface area contributed by atoms with Crippen LogP contribution in [-0.4, -0.2) is 54.3 Å². The summed E-state index contributed by atoms with van der Waals surface area (Å²) < 4.78 is 10.4. The van der Waals surface area contributed by atoms with Gasteiger partial charge in [0.15, 0.2) is 0 Å². The van der Waals surface area contributed by atoms with Gasteiger partial charge in [-0.25, -0.2) is 9.59 Å². The second-order valence-electron chi connectivity index (χ2n) is 8.25. The molecule has 0 saturated heterocycles. The lowest BCUT2D eigenvalue weighted by Gasteiger charge is -2.22. The van der Waals surface area contributed by atoms with Gasteiger partial charge in [-0.1, -0.05) is 61.9 Å². The maximum Gasteiger partial charge on any atom is 0.408 e. The minimum absolute atomic E-state index is 0.00248. The van der Waals surface area contributed by atoms with Gasteiger partial charge in [0, 0.05) is 12.0 Å². The van der Waals surface area contributed by atoms with Crippen molar-refractivity contribution in [3.63, 3.8) is 0 Å². The van der Waals surface area contributed by atoms with Crippen LogP contribution in [0.4, 0.5) is 4.79 Å². The first-order valence-corrected chi connectivity index (χ1v) is 11.7. The molecule has 186 valence electrons. The number of carboxylic acid groups (broad SMARTS) is 1. The SMILES string of the molecule is CCCC(CC(=O)O)NC(=O)C(NC(=O)OCC1c2ccccc2-c2ccccc21)C(=O)OCC. The molecule has 0 bridgehead atoms. The molecule has 35 heavy (non-hydrogen) atoms. The summed E-state index contributed by atoms with van der Waals surface area (Å²) in [5.74, 6) is -3.07. The van der Waals surface area contributed by atoms with E-state index in [-0.39, 0.29) is 25.6 Å². The second kappa shape index (κ2) is 12.0. The summed E-state index contributed by atoms with van der Waals surface area (Å²) in [6.07, 6.45) is -0.230. The van der Waals surface area contributed by atoms with E-state index in [4.69, 9.17) is 14.6 Å². The van der Waals surface area contributed by atoms with E-state index >= 15 is 0 Å². The van der Waals surface area contributed by atoms with Crippen molar-refractivity contribution in [1.29, 1.82) is 0 Å². The number of ether oxygens (including phenoxy) is 2. The summed E-state index contributed by atoms with van der Waals surface area (Å²) >= 11 is 0. The van der Waals surface area contributed by atoms with Gasteiger partial charge in [-0.05, 0) is 35.6 Å². The lowest BCUT2D eigenvalue weighted by Crippen LogP contribution is -2.54. The number of carbonyl (C=O) groups is 4. The predicted molar refractivity (Wildman–Crippen MR) is 128 cm³/mol. The molecule has 2 unspecified atom stereocenters. The van der Waals surface area contributed by atoms with E-state index in [0.29, 0.717) is 12.8 Å². The number of alkyl carbamates (subject to hydrolysis) is 1. The van der Waals surface area contributed by atoms with Crippen molar-refractivity contribution < 1.29 is 33.8 Å². The van der Waals surface area contributed by atoms with Gasteiger partial charge in [-0.3, -0.25) is 14.9 Å². The highest BCUT2D eigenvalue weighted by molar-refractivity contribution is 6.04. The number of benzene rings is 2. The van der Waals surface area contributed by atoms with E-state index in [0.717, 1.165) is 22.3 Å². The Kier molecular flexibility index (Phi) is 8.83. The number of hydrogen-bond donors (Lipinski definition) is 3. The van der Waals surface area contributed by atoms with Crippen LogP contribution < -0.4 is 10.6 Å². The molecule has 0 fully saturated rings. The molecule has 2 amide bonds. The Bertz CT molecular complexity index is 1040. The lowest BCUT2D eigenvalue weighted by atomic mass is 9.98. The van der Waals surface area contributed by atoms with Crippen LogP contribution in [0, 0.1) is 0 Å². The summed E-state index contributed by atoms with van der Waals surface area (Å²) in [5.41, 5.74) is 4.19. The predicted octanol–water partition coefficient (Wildman–Crippen LogP) is 3.22. The third-order valence-electron chi connectivity index (χ3n) is 5.79. The normalized spacial score (nSPS) is 13.7. The largest absolute Gasteiger partial charge is 0.481 e. The van der Waals surface area contributed by atoms with Gasteiger partial charge in [-0.2, -0.15) is 0 Å². The molecular formula is C26H30N2O7. The van der Waals surface area contributed by atoms with Crippen molar-refractivity contribution in [1.82, 2.24) is 10.6 Å². The molecule has 0 aliphatic heterocycles. The minimum Gasteiger partial charge on any atom is -0.481 e. The first kappa shape index (κ1) is 25.7. The van der Waals surface area contributed by atoms with Gasteiger partial charge in [0.05, 0.1) is 13.0 Å². The highest BCUT2D eigenvalue weighted by Crippen LogP contribution is 2.44. The van der Waals surface area contributed by atoms with Crippen LogP contribution in [0.5, 0.6) is 0 Å². The highest BCUT2D eigenvalue weighted by atomic mass is 16.6. The van der Waals surface area contributed by atoms with Gasteiger partial charge >= 0.3 is 18.0 Å². The fraction of sp³-hybridized carbons (Fsp3) is 0.385. The minimum atomic E-state index is -1.67. The monoisotopic (exact) mass is 482 g/mol. The first-order valence-electron chi connectivity index (χ1n) is 11.7. The molecule has 2 atom stereocenters. The van der Waals surface area contributed by atoms with Crippen LogP contribution in [0.25, 0.3) is 11.1 Å². The summed E-state index contributed by atoms with van der Waals surface area (Å²) in [5, 5.41) is 13.9. The fourth-order valence-corrected chi connectivity index (χ4v) is 4.28. The van der Waals surface area contributed by atoms with Crippen LogP contribution >= 0.6 is 0 Å². The van der Waals surface area contributed by atoms with Crippen molar-refractivity contribution in [2.45, 2.75) is 51.1 Å². The molecular weight excluding hydrogens is 452 g/mol. The molecule has 0 aromatic heterocycles. The number of rotatable bonds is 11. The number of esters is 1. The summed E-state index contributed by atoms with van der Waals surface area (Å²) in [7, 11) is 0. The van der Waals surface area contributed by atoms with Crippen molar-refractivity contribution in [2.24, 2.45) is 0 Å². The van der Waals surface area contributed by atoms with E-state index in [9.17, 15) is 19.2 Å². The van der Waals surface area contributed by atoms with E-state index < -0.39 is 36.0 Å². The smallest absolute Gasteiger partial charge is 0.408 e. The van der Waals surface area contributed by atoms with Gasteiger partial charge < -0.3 is 19.9 Å². The molecule has 1 aliphatic carbocycles. The zero-order chi connectivity index (χ0) is 25.4. The van der Waals surface area contributed by atoms with Crippen LogP contribution in [-0.2, 0) is 23.9 Å². The zero-order valence-electron chi connectivity index (χ0n) is 19.8. The van der Waals surface area contributed by atoms with E-state index in [1.54, 1.807) is 6.92 Å². The highest BCUT2D eigenvalue weighted by Gasteiger charge is 2.33. The Balaban J connectivity index is 1.69. The molecule has 3 rings (SSSR count). The Morgan fingerprint density at radius 1 is 0.914 bits per heavy atom. The first-order chi connectivity index (χ1) is 16.8. The van der Waals surface area contributed by atoms with Crippen molar-refractivity contribution >= 4 is 23.9 Å². The topological polar surface area (TPSA) is 131 Å². The second-order valence-corrected chi connectivity index (χ2v) is 8.25. The third-order valence-corrected chi connectivity index (χ3v) is 5.79. The number of amides is 2. The van der Waals surface area contributed by atoms with Gasteiger partial charge in [0.1, 0.15) is 6.61 Å². The Labute approximate surface area is 203 Å². The number of fused-ring (bicyclic) bond motifs is 3. The van der Waals surface area contributed by atoms with Crippen molar-refractivity contribution in [2.75, 3.05) is 13.2 Å². The number of aliphatic carboxylic acids is 1. The van der Waals surface area contributed by atoms with Crippen molar-refractivity contribution in [3.05, 3.63) is 59.7 Å². The fourth-order valence-electron chi connectivity index (χ4n) is 4.28. The quantitative estimate of drug-likeness (QED) is 0.331. The Morgan fingerprint density at radius 3 is 2.06 bits per heavy atom. The van der Waals surface area contributed by atoms with E-state index in [1.165, 1.54) is 0 Å². The number of hydrogen-bond acceptors (Lipinski definition) is 6. The number of carboxylic acids is 1. The molecule has 3 N–H and O–H groups in total. The average Bonchev–Trinajstić information content (AvgIpc) is 3.14. The number of nitrogens with one attached hydrogen (secondary N) is 2. The molecule has 0 radical (unpaired) electrons. The standard InChI is InChI=1S/C26H30N2O7/c1-3-9-16(14-22(29)30)27-24(31)23(25(32)34-4-2)28-26(33)35-15-21-19-12-7-5-10-17(19)18-11-6-8-13-20(18)21/h5-8,10-13,16,21,23H,3-4,9,14-15H2,1-2H3,(H,27,31)(H,28,33)(H,29,30). The van der Waals surface area contributed by atoms with Crippen LogP contribution in [0.15, 0.2) is 48.5 Å². The van der Waals surface area contributed by atoms with E-state index in [1.807, 2.05) is 55.5 Å². The van der Waals surface area contributed by atoms with Crippen LogP contribution in [0.1, 0.15) is 50.2 Å². The summed E-state index contributed by atoms with van der Waals surface area (Å²) in [4.78, 5) is 48.9. The molecule has 9 heteroatoms. The molecule has 0 spiro atoms. The van der Waals surface area contributed by atoms with Gasteiger partial charge in [0.2, 0.25) is 6.04 Å². The van der Waals surface area contributed by atoms with Crippen LogP contribution in [0.2, 0.25) is 0 Å². The molecule has 9 nitrogen and oxygen atoms in total. The average molecular weight is 483 g/mol. The number of carbonyl (C=O) groups excluding carboxylic acids is 3. The molecule has 2 aromatic rings. The summed E-state index contributed by atoms with van der Waals surface area (Å²) in [6, 6.07) is 13.4. The zero-order valence-corrected chi connectivity index (χ0v) is 19.8.